The average Bonchev–Trinajstić information content (AvgIpc) is 3.10. The Kier molecular flexibility index (Phi) is 4.76. The maximum Gasteiger partial charge on any atom is 0.224 e. The zero-order valence-corrected chi connectivity index (χ0v) is 15.2. The van der Waals surface area contributed by atoms with Gasteiger partial charge in [-0.3, -0.25) is 4.79 Å². The molecule has 0 N–H and O–H groups in total. The van der Waals surface area contributed by atoms with Crippen molar-refractivity contribution in [3.63, 3.8) is 0 Å². The van der Waals surface area contributed by atoms with E-state index in [0.29, 0.717) is 6.42 Å². The van der Waals surface area contributed by atoms with Crippen LogP contribution in [0.2, 0.25) is 0 Å². The number of fused-ring (bicyclic) bond motifs is 1. The summed E-state index contributed by atoms with van der Waals surface area (Å²) in [5.41, 5.74) is 2.41. The minimum Gasteiger partial charge on any atom is -0.347 e. The summed E-state index contributed by atoms with van der Waals surface area (Å²) in [5, 5.41) is 1.22. The number of nitrogens with zero attached hydrogens (tertiary/aromatic N) is 3. The Hall–Kier alpha value is -2.59. The summed E-state index contributed by atoms with van der Waals surface area (Å²) in [7, 11) is 2.13. The summed E-state index contributed by atoms with van der Waals surface area (Å²) in [6, 6.07) is 21.0. The highest BCUT2D eigenvalue weighted by molar-refractivity contribution is 5.81. The molecule has 0 radical (unpaired) electrons. The maximum atomic E-state index is 13.0. The summed E-state index contributed by atoms with van der Waals surface area (Å²) in [4.78, 5) is 17.4. The predicted octanol–water partition coefficient (Wildman–Crippen LogP) is 3.55. The number of piperazine rings is 1. The van der Waals surface area contributed by atoms with Gasteiger partial charge >= 0.3 is 0 Å². The van der Waals surface area contributed by atoms with Crippen molar-refractivity contribution in [3.8, 4) is 0 Å². The fourth-order valence-corrected chi connectivity index (χ4v) is 3.87. The van der Waals surface area contributed by atoms with Crippen molar-refractivity contribution in [2.24, 2.45) is 0 Å². The molecule has 1 atom stereocenters. The van der Waals surface area contributed by atoms with Gasteiger partial charge in [-0.2, -0.15) is 0 Å². The van der Waals surface area contributed by atoms with Crippen LogP contribution in [0.3, 0.4) is 0 Å². The monoisotopic (exact) mass is 347 g/mol. The van der Waals surface area contributed by atoms with E-state index in [4.69, 9.17) is 0 Å². The molecule has 1 aliphatic heterocycles. The second-order valence-corrected chi connectivity index (χ2v) is 7.09. The molecule has 0 aliphatic carbocycles. The van der Waals surface area contributed by atoms with E-state index in [0.717, 1.165) is 26.2 Å². The van der Waals surface area contributed by atoms with Gasteiger partial charge in [0.1, 0.15) is 0 Å². The van der Waals surface area contributed by atoms with Crippen molar-refractivity contribution < 1.29 is 4.79 Å². The molecule has 1 saturated heterocycles. The smallest absolute Gasteiger partial charge is 0.224 e. The van der Waals surface area contributed by atoms with Gasteiger partial charge in [0.05, 0.1) is 6.04 Å². The Morgan fingerprint density at radius 3 is 2.62 bits per heavy atom. The van der Waals surface area contributed by atoms with Gasteiger partial charge in [-0.05, 0) is 30.1 Å². The lowest BCUT2D eigenvalue weighted by molar-refractivity contribution is -0.136. The Bertz CT molecular complexity index is 887. The van der Waals surface area contributed by atoms with Crippen LogP contribution < -0.4 is 0 Å². The third-order valence-corrected chi connectivity index (χ3v) is 5.33. The van der Waals surface area contributed by atoms with E-state index >= 15 is 0 Å². The van der Waals surface area contributed by atoms with Crippen molar-refractivity contribution in [1.82, 2.24) is 14.4 Å². The van der Waals surface area contributed by atoms with Crippen LogP contribution in [0.15, 0.2) is 66.9 Å². The van der Waals surface area contributed by atoms with E-state index in [1.807, 2.05) is 18.2 Å². The van der Waals surface area contributed by atoms with E-state index in [2.05, 4.69) is 70.1 Å². The maximum absolute atomic E-state index is 13.0. The normalized spacial score (nSPS) is 18.3. The molecule has 1 aliphatic rings. The van der Waals surface area contributed by atoms with Gasteiger partial charge in [-0.15, -0.1) is 0 Å². The SMILES string of the molecule is CN1CCN(C(=O)CCn2ccc3ccccc32)C(c2ccccc2)C1. The minimum absolute atomic E-state index is 0.142. The highest BCUT2D eigenvalue weighted by Crippen LogP contribution is 2.26. The van der Waals surface area contributed by atoms with E-state index in [-0.39, 0.29) is 11.9 Å². The van der Waals surface area contributed by atoms with Crippen molar-refractivity contribution >= 4 is 16.8 Å². The Labute approximate surface area is 154 Å². The third-order valence-electron chi connectivity index (χ3n) is 5.33. The van der Waals surface area contributed by atoms with Crippen molar-refractivity contribution in [3.05, 3.63) is 72.4 Å². The number of carbonyl (C=O) groups is 1. The first-order valence-corrected chi connectivity index (χ1v) is 9.29. The lowest BCUT2D eigenvalue weighted by atomic mass is 10.0. The van der Waals surface area contributed by atoms with Gasteiger partial charge in [-0.1, -0.05) is 48.5 Å². The summed E-state index contributed by atoms with van der Waals surface area (Å²) in [5.74, 6) is 0.240. The number of hydrogen-bond acceptors (Lipinski definition) is 2. The first-order valence-electron chi connectivity index (χ1n) is 9.29. The number of hydrogen-bond donors (Lipinski definition) is 0. The summed E-state index contributed by atoms with van der Waals surface area (Å²) < 4.78 is 2.18. The number of benzene rings is 2. The van der Waals surface area contributed by atoms with Crippen LogP contribution in [0.5, 0.6) is 0 Å². The molecule has 1 unspecified atom stereocenters. The molecule has 0 bridgehead atoms. The van der Waals surface area contributed by atoms with Gasteiger partial charge in [0.25, 0.3) is 0 Å². The standard InChI is InChI=1S/C22H25N3O/c1-23-15-16-25(21(17-23)18-7-3-2-4-8-18)22(26)12-14-24-13-11-19-9-5-6-10-20(19)24/h2-11,13,21H,12,14-17H2,1H3. The van der Waals surface area contributed by atoms with Crippen molar-refractivity contribution in [2.45, 2.75) is 19.0 Å². The van der Waals surface area contributed by atoms with E-state index in [9.17, 15) is 4.79 Å². The van der Waals surface area contributed by atoms with Gasteiger partial charge in [0, 0.05) is 44.3 Å². The van der Waals surface area contributed by atoms with Crippen LogP contribution in [0, 0.1) is 0 Å². The van der Waals surface area contributed by atoms with Gasteiger partial charge < -0.3 is 14.4 Å². The molecule has 1 fully saturated rings. The van der Waals surface area contributed by atoms with Crippen LogP contribution in [-0.4, -0.2) is 47.0 Å². The molecule has 134 valence electrons. The van der Waals surface area contributed by atoms with Crippen LogP contribution in [0.25, 0.3) is 10.9 Å². The summed E-state index contributed by atoms with van der Waals surface area (Å²) in [6.45, 7) is 3.34. The molecule has 1 amide bonds. The van der Waals surface area contributed by atoms with E-state index < -0.39 is 0 Å². The van der Waals surface area contributed by atoms with Crippen LogP contribution in [0.4, 0.5) is 0 Å². The topological polar surface area (TPSA) is 28.5 Å². The van der Waals surface area contributed by atoms with E-state index in [1.165, 1.54) is 16.5 Å². The fraction of sp³-hybridized carbons (Fsp3) is 0.318. The molecule has 0 saturated carbocycles. The Morgan fingerprint density at radius 2 is 1.77 bits per heavy atom. The van der Waals surface area contributed by atoms with Crippen LogP contribution in [0.1, 0.15) is 18.0 Å². The molecule has 2 heterocycles. The first kappa shape index (κ1) is 16.9. The molecule has 0 spiro atoms. The zero-order valence-electron chi connectivity index (χ0n) is 15.2. The van der Waals surface area contributed by atoms with Gasteiger partial charge in [0.15, 0.2) is 0 Å². The second kappa shape index (κ2) is 7.34. The molecule has 4 rings (SSSR count). The highest BCUT2D eigenvalue weighted by Gasteiger charge is 2.29. The third kappa shape index (κ3) is 3.37. The molecule has 4 nitrogen and oxygen atoms in total. The lowest BCUT2D eigenvalue weighted by Gasteiger charge is -2.40. The quantitative estimate of drug-likeness (QED) is 0.722. The highest BCUT2D eigenvalue weighted by atomic mass is 16.2. The van der Waals surface area contributed by atoms with Gasteiger partial charge in [0.2, 0.25) is 5.91 Å². The second-order valence-electron chi connectivity index (χ2n) is 7.09. The van der Waals surface area contributed by atoms with Gasteiger partial charge in [-0.25, -0.2) is 0 Å². The van der Waals surface area contributed by atoms with Crippen molar-refractivity contribution in [2.75, 3.05) is 26.7 Å². The number of carbonyl (C=O) groups excluding carboxylic acids is 1. The van der Waals surface area contributed by atoms with Crippen LogP contribution >= 0.6 is 0 Å². The Balaban J connectivity index is 1.49. The predicted molar refractivity (Wildman–Crippen MR) is 105 cm³/mol. The number of aryl methyl sites for hydroxylation is 1. The summed E-state index contributed by atoms with van der Waals surface area (Å²) >= 11 is 0. The molecular formula is C22H25N3O. The molecule has 3 aromatic rings. The first-order chi connectivity index (χ1) is 12.7. The molecule has 1 aromatic heterocycles. The molecule has 2 aromatic carbocycles. The largest absolute Gasteiger partial charge is 0.347 e. The zero-order chi connectivity index (χ0) is 17.9. The number of amides is 1. The fourth-order valence-electron chi connectivity index (χ4n) is 3.87. The Morgan fingerprint density at radius 1 is 1.00 bits per heavy atom. The molecular weight excluding hydrogens is 322 g/mol. The van der Waals surface area contributed by atoms with E-state index in [1.54, 1.807) is 0 Å². The number of aromatic nitrogens is 1. The van der Waals surface area contributed by atoms with Crippen molar-refractivity contribution in [1.29, 1.82) is 0 Å². The number of rotatable bonds is 4. The lowest BCUT2D eigenvalue weighted by Crippen LogP contribution is -2.49. The average molecular weight is 347 g/mol. The molecule has 26 heavy (non-hydrogen) atoms. The van der Waals surface area contributed by atoms with Crippen LogP contribution in [-0.2, 0) is 11.3 Å². The summed E-state index contributed by atoms with van der Waals surface area (Å²) in [6.07, 6.45) is 2.61. The minimum atomic E-state index is 0.142. The molecule has 4 heteroatoms. The number of likely N-dealkylation sites (N-methyl/N-ethyl adjacent to an activating group) is 1. The number of para-hydroxylation sites is 1.